The van der Waals surface area contributed by atoms with Gasteiger partial charge in [0.2, 0.25) is 0 Å². The molecule has 2 unspecified atom stereocenters. The fourth-order valence-electron chi connectivity index (χ4n) is 2.89. The summed E-state index contributed by atoms with van der Waals surface area (Å²) in [6.07, 6.45) is 0.779. The average Bonchev–Trinajstić information content (AvgIpc) is 2.27. The Morgan fingerprint density at radius 2 is 1.78 bits per heavy atom. The third kappa shape index (κ3) is 2.56. The maximum atomic E-state index is 11.0. The lowest BCUT2D eigenvalue weighted by atomic mass is 9.70. The Labute approximate surface area is 116 Å². The Kier molecular flexibility index (Phi) is 4.47. The quantitative estimate of drug-likeness (QED) is 0.847. The third-order valence-corrected chi connectivity index (χ3v) is 4.37. The van der Waals surface area contributed by atoms with E-state index in [-0.39, 0.29) is 23.9 Å². The lowest BCUT2D eigenvalue weighted by Gasteiger charge is -2.51. The molecule has 1 aromatic carbocycles. The Morgan fingerprint density at radius 3 is 2.33 bits per heavy atom. The van der Waals surface area contributed by atoms with E-state index in [2.05, 4.69) is 32.7 Å². The number of hydrogen-bond donors (Lipinski definition) is 1. The molecule has 2 rings (SSSR count). The van der Waals surface area contributed by atoms with Gasteiger partial charge in [0.25, 0.3) is 0 Å². The van der Waals surface area contributed by atoms with Crippen LogP contribution in [-0.2, 0) is 5.60 Å². The molecule has 0 saturated carbocycles. The normalized spacial score (nSPS) is 31.7. The Balaban J connectivity index is 0.00000162. The fourth-order valence-corrected chi connectivity index (χ4v) is 2.89. The van der Waals surface area contributed by atoms with E-state index in [9.17, 15) is 5.11 Å². The van der Waals surface area contributed by atoms with Gasteiger partial charge in [-0.05, 0) is 32.9 Å². The number of likely N-dealkylation sites (tertiary alicyclic amines) is 1. The standard InChI is InChI=1S/C15H23NO.ClH/c1-12-10-16(4)14(2,3)11-15(12,17)13-8-6-5-7-9-13;/h5-9,12,17H,10-11H2,1-4H3;1H. The van der Waals surface area contributed by atoms with Crippen LogP contribution in [-0.4, -0.2) is 29.1 Å². The summed E-state index contributed by atoms with van der Waals surface area (Å²) in [6.45, 7) is 7.47. The predicted molar refractivity (Wildman–Crippen MR) is 78.1 cm³/mol. The summed E-state index contributed by atoms with van der Waals surface area (Å²) in [5.41, 5.74) is 0.391. The molecule has 0 bridgehead atoms. The van der Waals surface area contributed by atoms with Crippen molar-refractivity contribution in [1.82, 2.24) is 4.90 Å². The van der Waals surface area contributed by atoms with Crippen LogP contribution < -0.4 is 0 Å². The lowest BCUT2D eigenvalue weighted by Crippen LogP contribution is -2.57. The van der Waals surface area contributed by atoms with Crippen molar-refractivity contribution in [2.45, 2.75) is 38.3 Å². The van der Waals surface area contributed by atoms with Gasteiger partial charge in [0.15, 0.2) is 0 Å². The molecule has 1 aliphatic heterocycles. The van der Waals surface area contributed by atoms with Gasteiger partial charge in [-0.15, -0.1) is 12.4 Å². The van der Waals surface area contributed by atoms with Crippen molar-refractivity contribution in [3.8, 4) is 0 Å². The molecule has 2 atom stereocenters. The number of nitrogens with zero attached hydrogens (tertiary/aromatic N) is 1. The van der Waals surface area contributed by atoms with E-state index in [1.807, 2.05) is 30.3 Å². The summed E-state index contributed by atoms with van der Waals surface area (Å²) in [5.74, 6) is 0.253. The minimum Gasteiger partial charge on any atom is -0.385 e. The Hall–Kier alpha value is -0.570. The highest BCUT2D eigenvalue weighted by Gasteiger charge is 2.46. The summed E-state index contributed by atoms with van der Waals surface area (Å²) in [7, 11) is 2.14. The predicted octanol–water partition coefficient (Wildman–Crippen LogP) is 3.05. The first-order valence-corrected chi connectivity index (χ1v) is 6.35. The molecule has 18 heavy (non-hydrogen) atoms. The van der Waals surface area contributed by atoms with E-state index in [1.165, 1.54) is 0 Å². The highest BCUT2D eigenvalue weighted by molar-refractivity contribution is 5.85. The van der Waals surface area contributed by atoms with E-state index in [0.29, 0.717) is 0 Å². The van der Waals surface area contributed by atoms with Gasteiger partial charge in [-0.3, -0.25) is 0 Å². The maximum absolute atomic E-state index is 11.0. The topological polar surface area (TPSA) is 23.5 Å². The fraction of sp³-hybridized carbons (Fsp3) is 0.600. The molecule has 1 fully saturated rings. The SMILES string of the molecule is CC1CN(C)C(C)(C)CC1(O)c1ccccc1.Cl. The Morgan fingerprint density at radius 1 is 1.22 bits per heavy atom. The second-order valence-electron chi connectivity index (χ2n) is 6.06. The monoisotopic (exact) mass is 269 g/mol. The van der Waals surface area contributed by atoms with Crippen molar-refractivity contribution in [2.24, 2.45) is 5.92 Å². The first kappa shape index (κ1) is 15.5. The maximum Gasteiger partial charge on any atom is 0.0951 e. The minimum absolute atomic E-state index is 0. The van der Waals surface area contributed by atoms with Crippen LogP contribution in [0.25, 0.3) is 0 Å². The lowest BCUT2D eigenvalue weighted by molar-refractivity contribution is -0.112. The van der Waals surface area contributed by atoms with Crippen LogP contribution in [0.3, 0.4) is 0 Å². The first-order valence-electron chi connectivity index (χ1n) is 6.35. The van der Waals surface area contributed by atoms with Crippen molar-refractivity contribution >= 4 is 12.4 Å². The molecule has 0 aliphatic carbocycles. The summed E-state index contributed by atoms with van der Waals surface area (Å²) in [5, 5.41) is 11.0. The highest BCUT2D eigenvalue weighted by Crippen LogP contribution is 2.43. The molecule has 1 N–H and O–H groups in total. The van der Waals surface area contributed by atoms with Crippen LogP contribution in [0, 0.1) is 5.92 Å². The molecule has 0 amide bonds. The van der Waals surface area contributed by atoms with Crippen molar-refractivity contribution in [3.63, 3.8) is 0 Å². The highest BCUT2D eigenvalue weighted by atomic mass is 35.5. The number of aliphatic hydroxyl groups is 1. The van der Waals surface area contributed by atoms with E-state index >= 15 is 0 Å². The molecule has 0 aromatic heterocycles. The zero-order chi connectivity index (χ0) is 12.7. The van der Waals surface area contributed by atoms with Crippen LogP contribution in [0.5, 0.6) is 0 Å². The zero-order valence-electron chi connectivity index (χ0n) is 11.7. The summed E-state index contributed by atoms with van der Waals surface area (Å²) in [4.78, 5) is 2.34. The van der Waals surface area contributed by atoms with Gasteiger partial charge in [0.1, 0.15) is 0 Å². The number of piperidine rings is 1. The molecular weight excluding hydrogens is 246 g/mol. The van der Waals surface area contributed by atoms with Crippen LogP contribution in [0.15, 0.2) is 30.3 Å². The molecule has 2 nitrogen and oxygen atoms in total. The van der Waals surface area contributed by atoms with Crippen LogP contribution in [0.4, 0.5) is 0 Å². The molecule has 1 aromatic rings. The smallest absolute Gasteiger partial charge is 0.0951 e. The summed E-state index contributed by atoms with van der Waals surface area (Å²) < 4.78 is 0. The van der Waals surface area contributed by atoms with Crippen LogP contribution in [0.1, 0.15) is 32.8 Å². The van der Waals surface area contributed by atoms with E-state index in [4.69, 9.17) is 0 Å². The van der Waals surface area contributed by atoms with Crippen LogP contribution >= 0.6 is 12.4 Å². The van der Waals surface area contributed by atoms with Crippen molar-refractivity contribution in [1.29, 1.82) is 0 Å². The minimum atomic E-state index is -0.697. The summed E-state index contributed by atoms with van der Waals surface area (Å²) in [6, 6.07) is 10.1. The third-order valence-electron chi connectivity index (χ3n) is 4.37. The van der Waals surface area contributed by atoms with Crippen molar-refractivity contribution in [3.05, 3.63) is 35.9 Å². The van der Waals surface area contributed by atoms with Gasteiger partial charge >= 0.3 is 0 Å². The van der Waals surface area contributed by atoms with Gasteiger partial charge in [-0.1, -0.05) is 37.3 Å². The number of halogens is 1. The van der Waals surface area contributed by atoms with Crippen LogP contribution in [0.2, 0.25) is 0 Å². The molecule has 102 valence electrons. The molecule has 1 heterocycles. The average molecular weight is 270 g/mol. The Bertz CT molecular complexity index is 393. The molecule has 0 radical (unpaired) electrons. The second-order valence-corrected chi connectivity index (χ2v) is 6.06. The largest absolute Gasteiger partial charge is 0.385 e. The molecule has 0 spiro atoms. The van der Waals surface area contributed by atoms with Gasteiger partial charge in [0.05, 0.1) is 5.60 Å². The van der Waals surface area contributed by atoms with Gasteiger partial charge in [-0.25, -0.2) is 0 Å². The van der Waals surface area contributed by atoms with Gasteiger partial charge in [-0.2, -0.15) is 0 Å². The zero-order valence-corrected chi connectivity index (χ0v) is 12.5. The molecule has 1 aliphatic rings. The second kappa shape index (κ2) is 5.20. The van der Waals surface area contributed by atoms with E-state index < -0.39 is 5.60 Å². The van der Waals surface area contributed by atoms with Gasteiger partial charge in [0, 0.05) is 18.0 Å². The molecule has 3 heteroatoms. The first-order chi connectivity index (χ1) is 7.86. The van der Waals surface area contributed by atoms with Crippen molar-refractivity contribution in [2.75, 3.05) is 13.6 Å². The molecule has 1 saturated heterocycles. The summed E-state index contributed by atoms with van der Waals surface area (Å²) >= 11 is 0. The van der Waals surface area contributed by atoms with Gasteiger partial charge < -0.3 is 10.0 Å². The number of rotatable bonds is 1. The molecular formula is C15H24ClNO. The van der Waals surface area contributed by atoms with E-state index in [0.717, 1.165) is 18.5 Å². The number of hydrogen-bond acceptors (Lipinski definition) is 2. The van der Waals surface area contributed by atoms with Crippen molar-refractivity contribution < 1.29 is 5.11 Å². The van der Waals surface area contributed by atoms with E-state index in [1.54, 1.807) is 0 Å². The number of benzene rings is 1.